The molecule has 1 amide bonds. The highest BCUT2D eigenvalue weighted by molar-refractivity contribution is 7.09. The van der Waals surface area contributed by atoms with Gasteiger partial charge in [0.25, 0.3) is 5.91 Å². The Morgan fingerprint density at radius 1 is 1.35 bits per heavy atom. The first-order chi connectivity index (χ1) is 9.58. The van der Waals surface area contributed by atoms with Crippen LogP contribution >= 0.6 is 11.3 Å². The number of rotatable bonds is 5. The van der Waals surface area contributed by atoms with Crippen molar-refractivity contribution in [3.63, 3.8) is 0 Å². The Bertz CT molecular complexity index is 566. The Morgan fingerprint density at radius 2 is 2.05 bits per heavy atom. The average Bonchev–Trinajstić information content (AvgIpc) is 2.95. The Morgan fingerprint density at radius 3 is 2.65 bits per heavy atom. The van der Waals surface area contributed by atoms with E-state index in [1.165, 1.54) is 16.9 Å². The molecule has 4 nitrogen and oxygen atoms in total. The van der Waals surface area contributed by atoms with Crippen molar-refractivity contribution in [1.29, 1.82) is 0 Å². The van der Waals surface area contributed by atoms with Crippen molar-refractivity contribution in [2.24, 2.45) is 5.73 Å². The van der Waals surface area contributed by atoms with E-state index in [1.54, 1.807) is 5.38 Å². The van der Waals surface area contributed by atoms with Crippen LogP contribution in [0.25, 0.3) is 0 Å². The minimum absolute atomic E-state index is 0.134. The molecular weight excluding hydrogens is 270 g/mol. The van der Waals surface area contributed by atoms with E-state index < -0.39 is 0 Å². The van der Waals surface area contributed by atoms with Crippen LogP contribution in [0.2, 0.25) is 0 Å². The first-order valence-electron chi connectivity index (χ1n) is 6.62. The van der Waals surface area contributed by atoms with E-state index in [1.807, 2.05) is 25.1 Å². The minimum Gasteiger partial charge on any atom is -0.350 e. The molecule has 0 spiro atoms. The summed E-state index contributed by atoms with van der Waals surface area (Å²) in [6.45, 7) is 4.54. The van der Waals surface area contributed by atoms with Crippen molar-refractivity contribution in [2.45, 2.75) is 25.8 Å². The summed E-state index contributed by atoms with van der Waals surface area (Å²) >= 11 is 1.42. The smallest absolute Gasteiger partial charge is 0.270 e. The van der Waals surface area contributed by atoms with Gasteiger partial charge in [0.2, 0.25) is 0 Å². The second-order valence-corrected chi connectivity index (χ2v) is 5.77. The average molecular weight is 289 g/mol. The summed E-state index contributed by atoms with van der Waals surface area (Å²) in [5.41, 5.74) is 7.40. The monoisotopic (exact) mass is 289 g/mol. The molecule has 1 heterocycles. The number of nitrogens with one attached hydrogen (secondary N) is 1. The van der Waals surface area contributed by atoms with Crippen molar-refractivity contribution in [1.82, 2.24) is 10.3 Å². The van der Waals surface area contributed by atoms with Crippen LogP contribution in [-0.4, -0.2) is 17.4 Å². The summed E-state index contributed by atoms with van der Waals surface area (Å²) in [6.07, 6.45) is 0. The first-order valence-corrected chi connectivity index (χ1v) is 7.50. The maximum absolute atomic E-state index is 12.0. The molecule has 2 aromatic rings. The van der Waals surface area contributed by atoms with Gasteiger partial charge in [-0.05, 0) is 18.4 Å². The van der Waals surface area contributed by atoms with Crippen molar-refractivity contribution in [3.05, 3.63) is 52.0 Å². The van der Waals surface area contributed by atoms with E-state index in [-0.39, 0.29) is 17.9 Å². The number of carbonyl (C=O) groups is 1. The molecule has 1 aromatic carbocycles. The van der Waals surface area contributed by atoms with E-state index >= 15 is 0 Å². The van der Waals surface area contributed by atoms with Gasteiger partial charge in [-0.3, -0.25) is 4.79 Å². The third-order valence-electron chi connectivity index (χ3n) is 3.08. The van der Waals surface area contributed by atoms with Crippen LogP contribution < -0.4 is 11.1 Å². The Balaban J connectivity index is 1.91. The number of hydrogen-bond donors (Lipinski definition) is 2. The number of carbonyl (C=O) groups excluding carboxylic acids is 1. The van der Waals surface area contributed by atoms with Crippen LogP contribution in [0.3, 0.4) is 0 Å². The second kappa shape index (κ2) is 6.63. The number of nitrogens with zero attached hydrogens (tertiary/aromatic N) is 1. The van der Waals surface area contributed by atoms with Gasteiger partial charge >= 0.3 is 0 Å². The van der Waals surface area contributed by atoms with Crippen LogP contribution in [0.4, 0.5) is 0 Å². The maximum Gasteiger partial charge on any atom is 0.270 e. The van der Waals surface area contributed by atoms with E-state index in [0.29, 0.717) is 12.2 Å². The van der Waals surface area contributed by atoms with Gasteiger partial charge in [-0.1, -0.05) is 37.3 Å². The molecule has 0 bridgehead atoms. The fraction of sp³-hybridized carbons (Fsp3) is 0.333. The van der Waals surface area contributed by atoms with Gasteiger partial charge in [0.1, 0.15) is 10.7 Å². The standard InChI is InChI=1S/C15H19N3OS/c1-10(12-6-4-3-5-7-12)8-17-14(19)13-9-20-15(18-13)11(2)16/h3-7,9-11H,8,16H2,1-2H3,(H,17,19). The number of nitrogens with two attached hydrogens (primary N) is 1. The predicted molar refractivity (Wildman–Crippen MR) is 81.9 cm³/mol. The van der Waals surface area contributed by atoms with Gasteiger partial charge in [0.05, 0.1) is 6.04 Å². The maximum atomic E-state index is 12.0. The lowest BCUT2D eigenvalue weighted by Crippen LogP contribution is -2.27. The summed E-state index contributed by atoms with van der Waals surface area (Å²) < 4.78 is 0. The lowest BCUT2D eigenvalue weighted by Gasteiger charge is -2.12. The van der Waals surface area contributed by atoms with Crippen LogP contribution in [-0.2, 0) is 0 Å². The van der Waals surface area contributed by atoms with Gasteiger partial charge in [-0.25, -0.2) is 4.98 Å². The quantitative estimate of drug-likeness (QED) is 0.889. The molecule has 0 saturated carbocycles. The van der Waals surface area contributed by atoms with Gasteiger partial charge in [-0.2, -0.15) is 0 Å². The lowest BCUT2D eigenvalue weighted by atomic mass is 10.0. The normalized spacial score (nSPS) is 13.8. The summed E-state index contributed by atoms with van der Waals surface area (Å²) in [6, 6.07) is 9.98. The summed E-state index contributed by atoms with van der Waals surface area (Å²) in [7, 11) is 0. The first kappa shape index (κ1) is 14.7. The Labute approximate surface area is 123 Å². The van der Waals surface area contributed by atoms with Gasteiger partial charge in [0, 0.05) is 11.9 Å². The van der Waals surface area contributed by atoms with Gasteiger partial charge < -0.3 is 11.1 Å². The van der Waals surface area contributed by atoms with Gasteiger partial charge in [-0.15, -0.1) is 11.3 Å². The van der Waals surface area contributed by atoms with Crippen LogP contribution in [0.1, 0.15) is 46.9 Å². The number of hydrogen-bond acceptors (Lipinski definition) is 4. The third-order valence-corrected chi connectivity index (χ3v) is 4.13. The molecule has 2 rings (SSSR count). The molecule has 106 valence electrons. The second-order valence-electron chi connectivity index (χ2n) is 4.88. The zero-order valence-electron chi connectivity index (χ0n) is 11.7. The third kappa shape index (κ3) is 3.65. The molecule has 5 heteroatoms. The zero-order valence-corrected chi connectivity index (χ0v) is 12.5. The molecule has 3 N–H and O–H groups in total. The molecule has 0 radical (unpaired) electrons. The number of amides is 1. The SMILES string of the molecule is CC(N)c1nc(C(=O)NCC(C)c2ccccc2)cs1. The van der Waals surface area contributed by atoms with E-state index in [0.717, 1.165) is 5.01 Å². The van der Waals surface area contributed by atoms with Crippen molar-refractivity contribution in [2.75, 3.05) is 6.54 Å². The van der Waals surface area contributed by atoms with Crippen LogP contribution in [0.15, 0.2) is 35.7 Å². The molecule has 1 aromatic heterocycles. The Hall–Kier alpha value is -1.72. The van der Waals surface area contributed by atoms with Crippen molar-refractivity contribution < 1.29 is 4.79 Å². The summed E-state index contributed by atoms with van der Waals surface area (Å²) in [5, 5.41) is 5.45. The molecule has 0 saturated heterocycles. The molecule has 20 heavy (non-hydrogen) atoms. The van der Waals surface area contributed by atoms with E-state index in [2.05, 4.69) is 29.4 Å². The van der Waals surface area contributed by atoms with Crippen molar-refractivity contribution in [3.8, 4) is 0 Å². The largest absolute Gasteiger partial charge is 0.350 e. The molecule has 0 fully saturated rings. The number of aromatic nitrogens is 1. The minimum atomic E-state index is -0.143. The van der Waals surface area contributed by atoms with E-state index in [4.69, 9.17) is 5.73 Å². The highest BCUT2D eigenvalue weighted by Crippen LogP contribution is 2.16. The fourth-order valence-corrected chi connectivity index (χ4v) is 2.59. The van der Waals surface area contributed by atoms with Crippen LogP contribution in [0, 0.1) is 0 Å². The molecular formula is C15H19N3OS. The van der Waals surface area contributed by atoms with Crippen molar-refractivity contribution >= 4 is 17.2 Å². The van der Waals surface area contributed by atoms with E-state index in [9.17, 15) is 4.79 Å². The highest BCUT2D eigenvalue weighted by Gasteiger charge is 2.13. The molecule has 0 aliphatic carbocycles. The Kier molecular flexibility index (Phi) is 4.87. The van der Waals surface area contributed by atoms with Crippen LogP contribution in [0.5, 0.6) is 0 Å². The molecule has 2 atom stereocenters. The molecule has 0 aliphatic rings. The highest BCUT2D eigenvalue weighted by atomic mass is 32.1. The predicted octanol–water partition coefficient (Wildman–Crippen LogP) is 2.70. The molecule has 0 aliphatic heterocycles. The topological polar surface area (TPSA) is 68.0 Å². The van der Waals surface area contributed by atoms with Gasteiger partial charge in [0.15, 0.2) is 0 Å². The fourth-order valence-electron chi connectivity index (χ4n) is 1.84. The lowest BCUT2D eigenvalue weighted by molar-refractivity contribution is 0.0947. The summed E-state index contributed by atoms with van der Waals surface area (Å²) in [4.78, 5) is 16.3. The number of thiazole rings is 1. The zero-order chi connectivity index (χ0) is 14.5. The molecule has 2 unspecified atom stereocenters. The number of benzene rings is 1. The summed E-state index contributed by atoms with van der Waals surface area (Å²) in [5.74, 6) is 0.127.